The number of carbonyl (C=O) groups is 1. The zero-order valence-corrected chi connectivity index (χ0v) is 13.2. The molecule has 1 unspecified atom stereocenters. The molecule has 8 heteroatoms. The first-order valence-corrected chi connectivity index (χ1v) is 8.34. The maximum atomic E-state index is 12.7. The number of ether oxygens (including phenoxy) is 1. The Bertz CT molecular complexity index is 319. The summed E-state index contributed by atoms with van der Waals surface area (Å²) >= 11 is 0. The van der Waals surface area contributed by atoms with Gasteiger partial charge in [-0.15, -0.1) is 0 Å². The molecule has 0 heterocycles. The lowest BCUT2D eigenvalue weighted by atomic mass is 10.1. The first-order chi connectivity index (χ1) is 9.45. The zero-order valence-electron chi connectivity index (χ0n) is 12.3. The Morgan fingerprint density at radius 3 is 2.25 bits per heavy atom. The second kappa shape index (κ2) is 10.3. The van der Waals surface area contributed by atoms with Crippen molar-refractivity contribution in [2.75, 3.05) is 27.0 Å². The normalized spacial score (nSPS) is 14.8. The minimum atomic E-state index is -3.42. The standard InChI is InChI=1S/C12H25FNO5P/c1-4-18-20(16,19-5-2)10(7-6-8-13)9-11(14)12(15)17-3/h10-11H,4-9,14H2,1-3H3/t10?,11-/m0/s1. The Morgan fingerprint density at radius 2 is 1.85 bits per heavy atom. The van der Waals surface area contributed by atoms with Crippen molar-refractivity contribution in [1.29, 1.82) is 0 Å². The number of nitrogens with two attached hydrogens (primary N) is 1. The van der Waals surface area contributed by atoms with Crippen LogP contribution in [0.1, 0.15) is 33.1 Å². The highest BCUT2D eigenvalue weighted by Crippen LogP contribution is 2.56. The number of methoxy groups -OCH3 is 1. The van der Waals surface area contributed by atoms with Crippen LogP contribution in [-0.2, 0) is 23.1 Å². The SMILES string of the molecule is CCOP(=O)(OCC)C(CCCF)C[C@H](N)C(=O)OC. The van der Waals surface area contributed by atoms with Crippen molar-refractivity contribution in [2.45, 2.75) is 44.8 Å². The van der Waals surface area contributed by atoms with Crippen molar-refractivity contribution in [3.63, 3.8) is 0 Å². The average molecular weight is 313 g/mol. The van der Waals surface area contributed by atoms with Gasteiger partial charge in [-0.2, -0.15) is 0 Å². The second-order valence-electron chi connectivity index (χ2n) is 4.23. The molecule has 0 amide bonds. The molecule has 0 saturated heterocycles. The van der Waals surface area contributed by atoms with E-state index in [0.717, 1.165) is 0 Å². The van der Waals surface area contributed by atoms with Crippen LogP contribution in [0.15, 0.2) is 0 Å². The van der Waals surface area contributed by atoms with Crippen LogP contribution < -0.4 is 5.73 Å². The molecule has 0 aliphatic heterocycles. The van der Waals surface area contributed by atoms with E-state index in [9.17, 15) is 13.8 Å². The predicted octanol–water partition coefficient (Wildman–Crippen LogP) is 2.26. The highest BCUT2D eigenvalue weighted by atomic mass is 31.2. The van der Waals surface area contributed by atoms with Crippen LogP contribution in [-0.4, -0.2) is 44.7 Å². The van der Waals surface area contributed by atoms with Crippen LogP contribution in [0.4, 0.5) is 4.39 Å². The number of halogens is 1. The van der Waals surface area contributed by atoms with Crippen molar-refractivity contribution in [3.05, 3.63) is 0 Å². The zero-order chi connectivity index (χ0) is 15.6. The fourth-order valence-corrected chi connectivity index (χ4v) is 4.07. The summed E-state index contributed by atoms with van der Waals surface area (Å²) in [4.78, 5) is 11.4. The van der Waals surface area contributed by atoms with E-state index in [4.69, 9.17) is 14.8 Å². The van der Waals surface area contributed by atoms with Crippen LogP contribution in [0.5, 0.6) is 0 Å². The minimum absolute atomic E-state index is 0.0734. The summed E-state index contributed by atoms with van der Waals surface area (Å²) in [6, 6.07) is -0.932. The summed E-state index contributed by atoms with van der Waals surface area (Å²) in [6.07, 6.45) is 0.561. The van der Waals surface area contributed by atoms with Crippen LogP contribution >= 0.6 is 7.60 Å². The van der Waals surface area contributed by atoms with Crippen LogP contribution in [0.3, 0.4) is 0 Å². The maximum Gasteiger partial charge on any atom is 0.333 e. The average Bonchev–Trinajstić information content (AvgIpc) is 2.42. The molecule has 120 valence electrons. The molecule has 0 aliphatic carbocycles. The lowest BCUT2D eigenvalue weighted by Gasteiger charge is -2.27. The van der Waals surface area contributed by atoms with E-state index < -0.39 is 31.9 Å². The molecular weight excluding hydrogens is 288 g/mol. The summed E-state index contributed by atoms with van der Waals surface area (Å²) in [5, 5.41) is 0. The molecule has 2 N–H and O–H groups in total. The van der Waals surface area contributed by atoms with Gasteiger partial charge in [0, 0.05) is 0 Å². The summed E-state index contributed by atoms with van der Waals surface area (Å²) < 4.78 is 40.1. The number of carbonyl (C=O) groups excluding carboxylic acids is 1. The molecule has 0 bridgehead atoms. The summed E-state index contributed by atoms with van der Waals surface area (Å²) in [7, 11) is -2.19. The van der Waals surface area contributed by atoms with Gasteiger partial charge < -0.3 is 19.5 Å². The van der Waals surface area contributed by atoms with Gasteiger partial charge in [-0.05, 0) is 33.1 Å². The Morgan fingerprint density at radius 1 is 1.30 bits per heavy atom. The molecule has 0 spiro atoms. The third-order valence-corrected chi connectivity index (χ3v) is 5.37. The van der Waals surface area contributed by atoms with Gasteiger partial charge in [-0.3, -0.25) is 13.8 Å². The third-order valence-electron chi connectivity index (χ3n) is 2.77. The molecule has 0 saturated carbocycles. The molecule has 0 aromatic rings. The van der Waals surface area contributed by atoms with Gasteiger partial charge in [0.15, 0.2) is 0 Å². The maximum absolute atomic E-state index is 12.7. The lowest BCUT2D eigenvalue weighted by Crippen LogP contribution is -2.35. The number of esters is 1. The van der Waals surface area contributed by atoms with Crippen molar-refractivity contribution in [1.82, 2.24) is 0 Å². The van der Waals surface area contributed by atoms with Crippen molar-refractivity contribution in [2.24, 2.45) is 5.73 Å². The summed E-state index contributed by atoms with van der Waals surface area (Å²) in [6.45, 7) is 3.26. The minimum Gasteiger partial charge on any atom is -0.468 e. The fraction of sp³-hybridized carbons (Fsp3) is 0.917. The smallest absolute Gasteiger partial charge is 0.333 e. The third kappa shape index (κ3) is 6.31. The first-order valence-electron chi connectivity index (χ1n) is 6.73. The molecule has 2 atom stereocenters. The Balaban J connectivity index is 4.98. The number of hydrogen-bond donors (Lipinski definition) is 1. The molecule has 0 aromatic heterocycles. The van der Waals surface area contributed by atoms with Gasteiger partial charge in [-0.25, -0.2) is 0 Å². The van der Waals surface area contributed by atoms with Gasteiger partial charge in [0.2, 0.25) is 0 Å². The van der Waals surface area contributed by atoms with Crippen LogP contribution in [0.2, 0.25) is 0 Å². The highest BCUT2D eigenvalue weighted by Gasteiger charge is 2.37. The number of alkyl halides is 1. The molecule has 20 heavy (non-hydrogen) atoms. The molecule has 0 rings (SSSR count). The second-order valence-corrected chi connectivity index (χ2v) is 6.55. The number of rotatable bonds is 11. The monoisotopic (exact) mass is 313 g/mol. The van der Waals surface area contributed by atoms with Crippen molar-refractivity contribution >= 4 is 13.6 Å². The summed E-state index contributed by atoms with van der Waals surface area (Å²) in [5.74, 6) is -0.602. The van der Waals surface area contributed by atoms with Gasteiger partial charge in [0.05, 0.1) is 32.7 Å². The van der Waals surface area contributed by atoms with Gasteiger partial charge in [0.1, 0.15) is 6.04 Å². The molecular formula is C12H25FNO5P. The van der Waals surface area contributed by atoms with Crippen molar-refractivity contribution < 1.29 is 27.5 Å². The van der Waals surface area contributed by atoms with E-state index in [1.54, 1.807) is 13.8 Å². The molecule has 0 aromatic carbocycles. The predicted molar refractivity (Wildman–Crippen MR) is 74.5 cm³/mol. The Labute approximate surface area is 119 Å². The van der Waals surface area contributed by atoms with Crippen molar-refractivity contribution in [3.8, 4) is 0 Å². The number of hydrogen-bond acceptors (Lipinski definition) is 6. The van der Waals surface area contributed by atoms with Gasteiger partial charge >= 0.3 is 13.6 Å². The highest BCUT2D eigenvalue weighted by molar-refractivity contribution is 7.54. The van der Waals surface area contributed by atoms with E-state index >= 15 is 0 Å². The fourth-order valence-electron chi connectivity index (χ4n) is 1.87. The van der Waals surface area contributed by atoms with E-state index in [2.05, 4.69) is 4.74 Å². The van der Waals surface area contributed by atoms with Gasteiger partial charge in [0.25, 0.3) is 0 Å². The van der Waals surface area contributed by atoms with E-state index in [0.29, 0.717) is 0 Å². The van der Waals surface area contributed by atoms with E-state index in [-0.39, 0.29) is 32.5 Å². The van der Waals surface area contributed by atoms with E-state index in [1.807, 2.05) is 0 Å². The Kier molecular flexibility index (Phi) is 10.0. The quantitative estimate of drug-likeness (QED) is 0.465. The van der Waals surface area contributed by atoms with E-state index in [1.165, 1.54) is 7.11 Å². The van der Waals surface area contributed by atoms with Crippen LogP contribution in [0, 0.1) is 0 Å². The van der Waals surface area contributed by atoms with Gasteiger partial charge in [-0.1, -0.05) is 0 Å². The van der Waals surface area contributed by atoms with Crippen LogP contribution in [0.25, 0.3) is 0 Å². The largest absolute Gasteiger partial charge is 0.468 e. The lowest BCUT2D eigenvalue weighted by molar-refractivity contribution is -0.142. The topological polar surface area (TPSA) is 87.9 Å². The Hall–Kier alpha value is -0.490. The molecule has 0 aliphatic rings. The molecule has 0 fully saturated rings. The molecule has 6 nitrogen and oxygen atoms in total. The molecule has 0 radical (unpaired) electrons. The first kappa shape index (κ1) is 19.5. The summed E-state index contributed by atoms with van der Waals surface area (Å²) in [5.41, 5.74) is 5.07.